The fourth-order valence-electron chi connectivity index (χ4n) is 3.85. The third-order valence-corrected chi connectivity index (χ3v) is 5.06. The lowest BCUT2D eigenvalue weighted by Gasteiger charge is -2.36. The number of carbonyl (C=O) groups is 2. The summed E-state index contributed by atoms with van der Waals surface area (Å²) in [4.78, 5) is 29.1. The molecule has 30 heavy (non-hydrogen) atoms. The molecule has 0 aromatic heterocycles. The summed E-state index contributed by atoms with van der Waals surface area (Å²) in [5.41, 5.74) is 5.87. The van der Waals surface area contributed by atoms with Crippen LogP contribution in [0.25, 0.3) is 0 Å². The Morgan fingerprint density at radius 2 is 1.80 bits per heavy atom. The highest BCUT2D eigenvalue weighted by atomic mass is 16.2. The number of nitrogens with one attached hydrogen (secondary N) is 2. The van der Waals surface area contributed by atoms with Gasteiger partial charge < -0.3 is 15.5 Å². The molecule has 0 unspecified atom stereocenters. The molecular weight excluding hydrogens is 376 g/mol. The van der Waals surface area contributed by atoms with Crippen LogP contribution >= 0.6 is 0 Å². The minimum atomic E-state index is -0.321. The second-order valence-electron chi connectivity index (χ2n) is 7.85. The molecule has 4 amide bonds. The maximum atomic E-state index is 13.3. The molecule has 0 aliphatic carbocycles. The van der Waals surface area contributed by atoms with Gasteiger partial charge in [-0.15, -0.1) is 6.58 Å². The molecule has 1 heterocycles. The number of hydrogen-bond donors (Lipinski definition) is 2. The summed E-state index contributed by atoms with van der Waals surface area (Å²) in [7, 11) is 0. The molecule has 6 heteroatoms. The van der Waals surface area contributed by atoms with E-state index in [0.717, 1.165) is 24.1 Å². The molecule has 1 aliphatic rings. The first-order valence-corrected chi connectivity index (χ1v) is 10.3. The molecule has 0 bridgehead atoms. The Bertz CT molecular complexity index is 934. The molecule has 0 spiro atoms. The van der Waals surface area contributed by atoms with Gasteiger partial charge in [0.2, 0.25) is 0 Å². The van der Waals surface area contributed by atoms with Crippen LogP contribution in [0.5, 0.6) is 0 Å². The highest BCUT2D eigenvalue weighted by Gasteiger charge is 2.28. The lowest BCUT2D eigenvalue weighted by Crippen LogP contribution is -2.49. The number of aryl methyl sites for hydroxylation is 3. The monoisotopic (exact) mass is 406 g/mol. The van der Waals surface area contributed by atoms with E-state index in [9.17, 15) is 9.59 Å². The second kappa shape index (κ2) is 9.48. The van der Waals surface area contributed by atoms with E-state index >= 15 is 0 Å². The maximum Gasteiger partial charge on any atom is 0.324 e. The third-order valence-electron chi connectivity index (χ3n) is 5.06. The Kier molecular flexibility index (Phi) is 6.77. The molecular formula is C24H30N4O2. The first-order valence-electron chi connectivity index (χ1n) is 10.3. The van der Waals surface area contributed by atoms with Gasteiger partial charge in [0.15, 0.2) is 0 Å². The molecule has 0 radical (unpaired) electrons. The van der Waals surface area contributed by atoms with Crippen LogP contribution in [0.15, 0.2) is 49.1 Å². The van der Waals surface area contributed by atoms with Crippen molar-refractivity contribution in [2.24, 2.45) is 0 Å². The van der Waals surface area contributed by atoms with Crippen LogP contribution in [0, 0.1) is 20.8 Å². The lowest BCUT2D eigenvalue weighted by molar-refractivity contribution is 0.192. The zero-order chi connectivity index (χ0) is 21.7. The summed E-state index contributed by atoms with van der Waals surface area (Å²) in [6.45, 7) is 12.0. The average molecular weight is 407 g/mol. The minimum absolute atomic E-state index is 0.0428. The highest BCUT2D eigenvalue weighted by Crippen LogP contribution is 2.30. The van der Waals surface area contributed by atoms with Gasteiger partial charge in [0.25, 0.3) is 0 Å². The number of anilines is 2. The van der Waals surface area contributed by atoms with Crippen molar-refractivity contribution in [3.8, 4) is 0 Å². The van der Waals surface area contributed by atoms with Crippen molar-refractivity contribution in [1.82, 2.24) is 10.2 Å². The fourth-order valence-corrected chi connectivity index (χ4v) is 3.85. The molecule has 2 aromatic rings. The lowest BCUT2D eigenvalue weighted by atomic mass is 10.1. The molecule has 3 rings (SSSR count). The Balaban J connectivity index is 1.82. The summed E-state index contributed by atoms with van der Waals surface area (Å²) >= 11 is 0. The molecule has 6 nitrogen and oxygen atoms in total. The summed E-state index contributed by atoms with van der Waals surface area (Å²) < 4.78 is 0. The number of urea groups is 2. The number of rotatable bonds is 6. The Morgan fingerprint density at radius 1 is 1.07 bits per heavy atom. The summed E-state index contributed by atoms with van der Waals surface area (Å²) in [6, 6.07) is 11.8. The van der Waals surface area contributed by atoms with Gasteiger partial charge in [-0.1, -0.05) is 41.5 Å². The van der Waals surface area contributed by atoms with E-state index in [4.69, 9.17) is 0 Å². The van der Waals surface area contributed by atoms with Crippen LogP contribution < -0.4 is 15.5 Å². The van der Waals surface area contributed by atoms with E-state index in [1.807, 2.05) is 30.0 Å². The predicted molar refractivity (Wildman–Crippen MR) is 122 cm³/mol. The molecule has 2 N–H and O–H groups in total. The standard InChI is InChI=1S/C24H30N4O2/c1-5-9-25-23(29)26-21-15-17(2)7-8-22(21)28-11-6-10-27(24(28)30)16-20-13-18(3)12-19(4)14-20/h5,7-8,12-15H,1,6,9-11,16H2,2-4H3,(H2,25,26,29). The molecule has 1 saturated heterocycles. The van der Waals surface area contributed by atoms with Crippen LogP contribution in [-0.4, -0.2) is 36.6 Å². The summed E-state index contributed by atoms with van der Waals surface area (Å²) in [6.07, 6.45) is 2.49. The Morgan fingerprint density at radius 3 is 2.50 bits per heavy atom. The largest absolute Gasteiger partial charge is 0.334 e. The van der Waals surface area contributed by atoms with Crippen LogP contribution in [-0.2, 0) is 6.54 Å². The number of benzene rings is 2. The van der Waals surface area contributed by atoms with E-state index in [1.165, 1.54) is 11.1 Å². The normalized spacial score (nSPS) is 13.9. The number of amides is 4. The molecule has 158 valence electrons. The van der Waals surface area contributed by atoms with Gasteiger partial charge in [-0.2, -0.15) is 0 Å². The van der Waals surface area contributed by atoms with E-state index in [0.29, 0.717) is 31.0 Å². The van der Waals surface area contributed by atoms with Crippen LogP contribution in [0.4, 0.5) is 21.0 Å². The van der Waals surface area contributed by atoms with Gasteiger partial charge in [-0.25, -0.2) is 9.59 Å². The Hall–Kier alpha value is -3.28. The molecule has 0 atom stereocenters. The number of carbonyl (C=O) groups excluding carboxylic acids is 2. The summed E-state index contributed by atoms with van der Waals surface area (Å²) in [5.74, 6) is 0. The van der Waals surface area contributed by atoms with Crippen molar-refractivity contribution < 1.29 is 9.59 Å². The van der Waals surface area contributed by atoms with Crippen LogP contribution in [0.2, 0.25) is 0 Å². The van der Waals surface area contributed by atoms with E-state index in [1.54, 1.807) is 11.0 Å². The van der Waals surface area contributed by atoms with Gasteiger partial charge in [0, 0.05) is 26.2 Å². The zero-order valence-corrected chi connectivity index (χ0v) is 18.0. The summed E-state index contributed by atoms with van der Waals surface area (Å²) in [5, 5.41) is 5.58. The van der Waals surface area contributed by atoms with Gasteiger partial charge in [-0.05, 0) is 50.5 Å². The predicted octanol–water partition coefficient (Wildman–Crippen LogP) is 4.75. The molecule has 2 aromatic carbocycles. The average Bonchev–Trinajstić information content (AvgIpc) is 2.68. The van der Waals surface area contributed by atoms with Crippen molar-refractivity contribution in [1.29, 1.82) is 0 Å². The molecule has 1 fully saturated rings. The smallest absolute Gasteiger partial charge is 0.324 e. The van der Waals surface area contributed by atoms with E-state index < -0.39 is 0 Å². The topological polar surface area (TPSA) is 64.7 Å². The van der Waals surface area contributed by atoms with Crippen molar-refractivity contribution >= 4 is 23.4 Å². The number of hydrogen-bond acceptors (Lipinski definition) is 2. The minimum Gasteiger partial charge on any atom is -0.334 e. The Labute approximate surface area is 178 Å². The molecule has 0 saturated carbocycles. The van der Waals surface area contributed by atoms with Crippen molar-refractivity contribution in [2.45, 2.75) is 33.7 Å². The third kappa shape index (κ3) is 5.20. The van der Waals surface area contributed by atoms with Crippen LogP contribution in [0.1, 0.15) is 28.7 Å². The number of nitrogens with zero attached hydrogens (tertiary/aromatic N) is 2. The van der Waals surface area contributed by atoms with Crippen molar-refractivity contribution in [3.63, 3.8) is 0 Å². The molecule has 1 aliphatic heterocycles. The van der Waals surface area contributed by atoms with Gasteiger partial charge in [-0.3, -0.25) is 4.90 Å². The first-order chi connectivity index (χ1) is 14.4. The van der Waals surface area contributed by atoms with Gasteiger partial charge >= 0.3 is 12.1 Å². The van der Waals surface area contributed by atoms with E-state index in [-0.39, 0.29) is 12.1 Å². The maximum absolute atomic E-state index is 13.3. The zero-order valence-electron chi connectivity index (χ0n) is 18.0. The van der Waals surface area contributed by atoms with Crippen molar-refractivity contribution in [2.75, 3.05) is 29.9 Å². The van der Waals surface area contributed by atoms with Gasteiger partial charge in [0.1, 0.15) is 0 Å². The second-order valence-corrected chi connectivity index (χ2v) is 7.85. The van der Waals surface area contributed by atoms with Gasteiger partial charge in [0.05, 0.1) is 11.4 Å². The first kappa shape index (κ1) is 21.4. The quantitative estimate of drug-likeness (QED) is 0.680. The fraction of sp³-hybridized carbons (Fsp3) is 0.333. The SMILES string of the molecule is C=CCNC(=O)Nc1cc(C)ccc1N1CCCN(Cc2cc(C)cc(C)c2)C1=O. The van der Waals surface area contributed by atoms with Crippen LogP contribution in [0.3, 0.4) is 0 Å². The highest BCUT2D eigenvalue weighted by molar-refractivity contribution is 6.00. The van der Waals surface area contributed by atoms with Crippen molar-refractivity contribution in [3.05, 3.63) is 71.3 Å². The van der Waals surface area contributed by atoms with E-state index in [2.05, 4.69) is 49.3 Å².